The highest BCUT2D eigenvalue weighted by Crippen LogP contribution is 2.23. The number of benzene rings is 2. The third-order valence-electron chi connectivity index (χ3n) is 3.74. The van der Waals surface area contributed by atoms with E-state index in [0.29, 0.717) is 29.0 Å². The molecule has 0 aliphatic heterocycles. The Morgan fingerprint density at radius 1 is 1.30 bits per heavy atom. The lowest BCUT2D eigenvalue weighted by Gasteiger charge is -2.01. The standard InChI is InChI=1S/C19H17N3O3S2/c1-2-11-21-16-13-14(22(24)25)8-9-17(16)27-19(21)20-18(23)10-12-26-15-6-4-3-5-7-15/h2-9,13H,1,10-12H2. The zero-order valence-corrected chi connectivity index (χ0v) is 16.0. The molecule has 8 heteroatoms. The first-order valence-corrected chi connectivity index (χ1v) is 10.0. The fourth-order valence-corrected chi connectivity index (χ4v) is 4.40. The van der Waals surface area contributed by atoms with Crippen molar-refractivity contribution in [3.63, 3.8) is 0 Å². The second kappa shape index (κ2) is 8.79. The third kappa shape index (κ3) is 4.72. The molecule has 3 aromatic rings. The molecule has 1 heterocycles. The van der Waals surface area contributed by atoms with Crippen molar-refractivity contribution in [3.05, 3.63) is 76.1 Å². The zero-order chi connectivity index (χ0) is 19.2. The summed E-state index contributed by atoms with van der Waals surface area (Å²) >= 11 is 2.95. The van der Waals surface area contributed by atoms with Crippen LogP contribution in [0, 0.1) is 10.1 Å². The number of amides is 1. The van der Waals surface area contributed by atoms with E-state index in [-0.39, 0.29) is 11.6 Å². The topological polar surface area (TPSA) is 77.5 Å². The lowest BCUT2D eigenvalue weighted by atomic mass is 10.3. The Morgan fingerprint density at radius 3 is 2.78 bits per heavy atom. The number of nitro groups is 1. The van der Waals surface area contributed by atoms with Crippen molar-refractivity contribution < 1.29 is 9.72 Å². The zero-order valence-electron chi connectivity index (χ0n) is 14.4. The van der Waals surface area contributed by atoms with Crippen molar-refractivity contribution in [1.82, 2.24) is 4.57 Å². The van der Waals surface area contributed by atoms with Crippen molar-refractivity contribution in [2.75, 3.05) is 5.75 Å². The molecule has 0 spiro atoms. The number of carbonyl (C=O) groups excluding carboxylic acids is 1. The predicted molar refractivity (Wildman–Crippen MR) is 109 cm³/mol. The first kappa shape index (κ1) is 19.1. The second-order valence-corrected chi connectivity index (χ2v) is 7.79. The van der Waals surface area contributed by atoms with Crippen LogP contribution in [0.4, 0.5) is 5.69 Å². The summed E-state index contributed by atoms with van der Waals surface area (Å²) in [5.41, 5.74) is 0.689. The summed E-state index contributed by atoms with van der Waals surface area (Å²) in [5.74, 6) is 0.432. The largest absolute Gasteiger partial charge is 0.312 e. The average molecular weight is 399 g/mol. The van der Waals surface area contributed by atoms with Gasteiger partial charge in [-0.2, -0.15) is 4.99 Å². The fraction of sp³-hybridized carbons (Fsp3) is 0.158. The maximum absolute atomic E-state index is 12.3. The molecule has 1 aromatic heterocycles. The van der Waals surface area contributed by atoms with Crippen molar-refractivity contribution in [3.8, 4) is 0 Å². The molecule has 0 aliphatic rings. The minimum atomic E-state index is -0.432. The van der Waals surface area contributed by atoms with Gasteiger partial charge in [-0.15, -0.1) is 18.3 Å². The second-order valence-electron chi connectivity index (χ2n) is 5.61. The van der Waals surface area contributed by atoms with Crippen molar-refractivity contribution >= 4 is 44.9 Å². The van der Waals surface area contributed by atoms with Crippen LogP contribution in [0.15, 0.2) is 71.1 Å². The van der Waals surface area contributed by atoms with Crippen LogP contribution in [0.1, 0.15) is 6.42 Å². The monoisotopic (exact) mass is 399 g/mol. The van der Waals surface area contributed by atoms with Gasteiger partial charge in [0.15, 0.2) is 4.80 Å². The number of fused-ring (bicyclic) bond motifs is 1. The highest BCUT2D eigenvalue weighted by molar-refractivity contribution is 7.99. The molecule has 0 atom stereocenters. The van der Waals surface area contributed by atoms with E-state index in [2.05, 4.69) is 11.6 Å². The van der Waals surface area contributed by atoms with Crippen molar-refractivity contribution in [2.24, 2.45) is 4.99 Å². The number of non-ortho nitro benzene ring substituents is 1. The first-order chi connectivity index (χ1) is 13.1. The van der Waals surface area contributed by atoms with Gasteiger partial charge < -0.3 is 4.57 Å². The minimum Gasteiger partial charge on any atom is -0.312 e. The summed E-state index contributed by atoms with van der Waals surface area (Å²) in [4.78, 5) is 28.8. The molecule has 0 unspecified atom stereocenters. The number of rotatable bonds is 7. The van der Waals surface area contributed by atoms with E-state index in [0.717, 1.165) is 9.60 Å². The Bertz CT molecular complexity index is 1050. The molecule has 0 bridgehead atoms. The summed E-state index contributed by atoms with van der Waals surface area (Å²) in [6.07, 6.45) is 2.00. The minimum absolute atomic E-state index is 0.00949. The molecular formula is C19H17N3O3S2. The molecule has 0 N–H and O–H groups in total. The van der Waals surface area contributed by atoms with Gasteiger partial charge in [-0.25, -0.2) is 0 Å². The summed E-state index contributed by atoms with van der Waals surface area (Å²) in [7, 11) is 0. The van der Waals surface area contributed by atoms with E-state index in [1.165, 1.54) is 23.5 Å². The van der Waals surface area contributed by atoms with Gasteiger partial charge in [0.25, 0.3) is 5.69 Å². The van der Waals surface area contributed by atoms with Gasteiger partial charge >= 0.3 is 0 Å². The van der Waals surface area contributed by atoms with E-state index in [1.807, 2.05) is 30.3 Å². The maximum atomic E-state index is 12.3. The van der Waals surface area contributed by atoms with Gasteiger partial charge in [-0.1, -0.05) is 35.6 Å². The summed E-state index contributed by atoms with van der Waals surface area (Å²) in [6, 6.07) is 14.5. The van der Waals surface area contributed by atoms with Gasteiger partial charge in [0.05, 0.1) is 15.1 Å². The average Bonchev–Trinajstić information content (AvgIpc) is 2.99. The molecule has 0 fully saturated rings. The molecule has 0 radical (unpaired) electrons. The summed E-state index contributed by atoms with van der Waals surface area (Å²) < 4.78 is 2.62. The lowest BCUT2D eigenvalue weighted by molar-refractivity contribution is -0.384. The Hall–Kier alpha value is -2.71. The molecule has 3 rings (SSSR count). The number of carbonyl (C=O) groups is 1. The Balaban J connectivity index is 1.83. The van der Waals surface area contributed by atoms with Gasteiger partial charge in [-0.05, 0) is 18.2 Å². The van der Waals surface area contributed by atoms with E-state index in [4.69, 9.17) is 0 Å². The van der Waals surface area contributed by atoms with Gasteiger partial charge in [0.1, 0.15) is 0 Å². The molecule has 6 nitrogen and oxygen atoms in total. The van der Waals surface area contributed by atoms with E-state index < -0.39 is 4.92 Å². The van der Waals surface area contributed by atoms with Crippen LogP contribution in [0.5, 0.6) is 0 Å². The van der Waals surface area contributed by atoms with Crippen LogP contribution in [-0.4, -0.2) is 21.2 Å². The number of aromatic nitrogens is 1. The third-order valence-corrected chi connectivity index (χ3v) is 5.81. The van der Waals surface area contributed by atoms with E-state index >= 15 is 0 Å². The van der Waals surface area contributed by atoms with Crippen LogP contribution in [0.25, 0.3) is 10.2 Å². The number of nitro benzene ring substituents is 1. The molecule has 2 aromatic carbocycles. The highest BCUT2D eigenvalue weighted by atomic mass is 32.2. The van der Waals surface area contributed by atoms with Crippen LogP contribution in [-0.2, 0) is 11.3 Å². The number of thiazole rings is 1. The smallest absolute Gasteiger partial charge is 0.271 e. The number of hydrogen-bond donors (Lipinski definition) is 0. The summed E-state index contributed by atoms with van der Waals surface area (Å²) in [5, 5.41) is 11.0. The highest BCUT2D eigenvalue weighted by Gasteiger charge is 2.12. The molecule has 0 saturated carbocycles. The fourth-order valence-electron chi connectivity index (χ4n) is 2.50. The molecule has 1 amide bonds. The number of thioether (sulfide) groups is 1. The molecular weight excluding hydrogens is 382 g/mol. The number of nitrogens with zero attached hydrogens (tertiary/aromatic N) is 3. The normalized spacial score (nSPS) is 11.6. The Kier molecular flexibility index (Phi) is 6.20. The number of allylic oxidation sites excluding steroid dienone is 1. The van der Waals surface area contributed by atoms with Crippen LogP contribution < -0.4 is 4.80 Å². The Morgan fingerprint density at radius 2 is 2.07 bits per heavy atom. The quantitative estimate of drug-likeness (QED) is 0.255. The predicted octanol–water partition coefficient (Wildman–Crippen LogP) is 4.41. The molecule has 138 valence electrons. The SMILES string of the molecule is C=CCn1c(=NC(=O)CCSc2ccccc2)sc2ccc([N+](=O)[O-])cc21. The Labute approximate surface area is 164 Å². The van der Waals surface area contributed by atoms with E-state index in [9.17, 15) is 14.9 Å². The first-order valence-electron chi connectivity index (χ1n) is 8.22. The lowest BCUT2D eigenvalue weighted by Crippen LogP contribution is -2.16. The van der Waals surface area contributed by atoms with Gasteiger partial charge in [-0.3, -0.25) is 14.9 Å². The van der Waals surface area contributed by atoms with E-state index in [1.54, 1.807) is 28.5 Å². The van der Waals surface area contributed by atoms with Crippen LogP contribution in [0.2, 0.25) is 0 Å². The van der Waals surface area contributed by atoms with Crippen molar-refractivity contribution in [2.45, 2.75) is 17.9 Å². The van der Waals surface area contributed by atoms with Crippen LogP contribution >= 0.6 is 23.1 Å². The van der Waals surface area contributed by atoms with Gasteiger partial charge in [0.2, 0.25) is 5.91 Å². The number of hydrogen-bond acceptors (Lipinski definition) is 5. The molecule has 27 heavy (non-hydrogen) atoms. The molecule has 0 saturated heterocycles. The maximum Gasteiger partial charge on any atom is 0.271 e. The summed E-state index contributed by atoms with van der Waals surface area (Å²) in [6.45, 7) is 4.15. The molecule has 0 aliphatic carbocycles. The van der Waals surface area contributed by atoms with Crippen molar-refractivity contribution in [1.29, 1.82) is 0 Å². The van der Waals surface area contributed by atoms with Crippen LogP contribution in [0.3, 0.4) is 0 Å². The van der Waals surface area contributed by atoms with Gasteiger partial charge in [0, 0.05) is 35.7 Å².